The van der Waals surface area contributed by atoms with Gasteiger partial charge in [-0.05, 0) is 38.4 Å². The molecule has 1 aliphatic rings. The van der Waals surface area contributed by atoms with Gasteiger partial charge in [0.2, 0.25) is 17.6 Å². The monoisotopic (exact) mass is 398 g/mol. The Morgan fingerprint density at radius 3 is 2.93 bits per heavy atom. The molecule has 1 N–H and O–H groups in total. The lowest BCUT2D eigenvalue weighted by Crippen LogP contribution is -2.45. The molecule has 2 aromatic rings. The van der Waals surface area contributed by atoms with Crippen molar-refractivity contribution in [2.75, 3.05) is 19.7 Å². The predicted octanol–water partition coefficient (Wildman–Crippen LogP) is 2.78. The minimum absolute atomic E-state index is 0.188. The summed E-state index contributed by atoms with van der Waals surface area (Å²) in [4.78, 5) is 18.2. The highest BCUT2D eigenvalue weighted by atomic mass is 19.4. The first-order chi connectivity index (χ1) is 13.4. The third-order valence-electron chi connectivity index (χ3n) is 4.36. The fourth-order valence-corrected chi connectivity index (χ4v) is 3.15. The van der Waals surface area contributed by atoms with E-state index >= 15 is 0 Å². The van der Waals surface area contributed by atoms with E-state index in [9.17, 15) is 18.0 Å². The van der Waals surface area contributed by atoms with E-state index in [0.717, 1.165) is 0 Å². The molecule has 1 aromatic heterocycles. The molecule has 0 radical (unpaired) electrons. The molecule has 3 rings (SSSR count). The van der Waals surface area contributed by atoms with Gasteiger partial charge in [0, 0.05) is 0 Å². The second kappa shape index (κ2) is 8.59. The molecule has 0 spiro atoms. The predicted molar refractivity (Wildman–Crippen MR) is 93.4 cm³/mol. The number of para-hydroxylation sites is 1. The van der Waals surface area contributed by atoms with E-state index in [2.05, 4.69) is 10.1 Å². The number of hydrogen-bond donors (Lipinski definition) is 1. The fourth-order valence-electron chi connectivity index (χ4n) is 3.15. The van der Waals surface area contributed by atoms with Crippen LogP contribution in [0.15, 0.2) is 28.8 Å². The fraction of sp³-hybridized carbons (Fsp3) is 0.500. The summed E-state index contributed by atoms with van der Waals surface area (Å²) in [5.74, 6) is 0.632. The Hall–Kier alpha value is -2.62. The summed E-state index contributed by atoms with van der Waals surface area (Å²) in [6, 6.07) is 6.63. The zero-order chi connectivity index (χ0) is 20.1. The van der Waals surface area contributed by atoms with Crippen LogP contribution in [0.3, 0.4) is 0 Å². The highest BCUT2D eigenvalue weighted by Crippen LogP contribution is 2.28. The van der Waals surface area contributed by atoms with Gasteiger partial charge in [-0.2, -0.15) is 18.2 Å². The van der Waals surface area contributed by atoms with Crippen molar-refractivity contribution in [3.8, 4) is 17.1 Å². The second-order valence-electron chi connectivity index (χ2n) is 6.40. The second-order valence-corrected chi connectivity index (χ2v) is 6.40. The Balaban J connectivity index is 1.67. The molecule has 7 nitrogen and oxygen atoms in total. The van der Waals surface area contributed by atoms with Crippen molar-refractivity contribution in [1.29, 1.82) is 0 Å². The number of amides is 1. The number of rotatable bonds is 7. The largest absolute Gasteiger partial charge is 0.493 e. The summed E-state index contributed by atoms with van der Waals surface area (Å²) in [5, 5.41) is 5.91. The lowest BCUT2D eigenvalue weighted by molar-refractivity contribution is -0.141. The maximum atomic E-state index is 12.3. The van der Waals surface area contributed by atoms with Crippen LogP contribution in [0.4, 0.5) is 13.2 Å². The zero-order valence-corrected chi connectivity index (χ0v) is 15.3. The molecule has 152 valence electrons. The lowest BCUT2D eigenvalue weighted by atomic mass is 10.2. The molecule has 1 unspecified atom stereocenters. The first kappa shape index (κ1) is 20.1. The van der Waals surface area contributed by atoms with Crippen LogP contribution in [0.2, 0.25) is 0 Å². The van der Waals surface area contributed by atoms with Crippen molar-refractivity contribution in [1.82, 2.24) is 20.4 Å². The Bertz CT molecular complexity index is 809. The highest BCUT2D eigenvalue weighted by Gasteiger charge is 2.34. The van der Waals surface area contributed by atoms with E-state index in [1.54, 1.807) is 11.0 Å². The summed E-state index contributed by atoms with van der Waals surface area (Å²) in [6.45, 7) is 1.78. The number of benzene rings is 1. The SMILES string of the molecule is CCOc1ccccc1-c1noc(CN2CCCC2C(=O)NCC(F)(F)F)n1. The third-order valence-corrected chi connectivity index (χ3v) is 4.36. The molecule has 1 aromatic carbocycles. The van der Waals surface area contributed by atoms with Crippen molar-refractivity contribution in [3.63, 3.8) is 0 Å². The van der Waals surface area contributed by atoms with Crippen LogP contribution in [0.25, 0.3) is 11.4 Å². The number of likely N-dealkylation sites (tertiary alicyclic amines) is 1. The van der Waals surface area contributed by atoms with E-state index in [1.165, 1.54) is 0 Å². The van der Waals surface area contributed by atoms with Crippen molar-refractivity contribution in [2.24, 2.45) is 0 Å². The highest BCUT2D eigenvalue weighted by molar-refractivity contribution is 5.82. The van der Waals surface area contributed by atoms with Gasteiger partial charge in [-0.25, -0.2) is 0 Å². The molecule has 10 heteroatoms. The standard InChI is InChI=1S/C18H21F3N4O3/c1-2-27-14-8-4-3-6-12(14)16-23-15(28-24-16)10-25-9-5-7-13(25)17(26)22-11-18(19,20)21/h3-4,6,8,13H,2,5,7,9-11H2,1H3,(H,22,26). The maximum Gasteiger partial charge on any atom is 0.405 e. The van der Waals surface area contributed by atoms with E-state index in [-0.39, 0.29) is 12.4 Å². The molecule has 1 amide bonds. The van der Waals surface area contributed by atoms with E-state index in [4.69, 9.17) is 9.26 Å². The van der Waals surface area contributed by atoms with Crippen LogP contribution < -0.4 is 10.1 Å². The minimum atomic E-state index is -4.44. The molecular weight excluding hydrogens is 377 g/mol. The minimum Gasteiger partial charge on any atom is -0.493 e. The summed E-state index contributed by atoms with van der Waals surface area (Å²) < 4.78 is 47.8. The Morgan fingerprint density at radius 1 is 1.39 bits per heavy atom. The van der Waals surface area contributed by atoms with Crippen LogP contribution in [0.1, 0.15) is 25.7 Å². The third kappa shape index (κ3) is 5.00. The number of nitrogens with one attached hydrogen (secondary N) is 1. The van der Waals surface area contributed by atoms with Crippen LogP contribution in [-0.2, 0) is 11.3 Å². The number of aromatic nitrogens is 2. The van der Waals surface area contributed by atoms with Crippen LogP contribution in [-0.4, -0.2) is 52.9 Å². The van der Waals surface area contributed by atoms with Gasteiger partial charge in [0.1, 0.15) is 12.3 Å². The van der Waals surface area contributed by atoms with Gasteiger partial charge < -0.3 is 14.6 Å². The average molecular weight is 398 g/mol. The van der Waals surface area contributed by atoms with E-state index in [1.807, 2.05) is 30.4 Å². The van der Waals surface area contributed by atoms with Crippen molar-refractivity contribution in [2.45, 2.75) is 38.5 Å². The molecule has 1 aliphatic heterocycles. The van der Waals surface area contributed by atoms with Crippen LogP contribution in [0, 0.1) is 0 Å². The van der Waals surface area contributed by atoms with Gasteiger partial charge in [0.25, 0.3) is 0 Å². The molecule has 1 fully saturated rings. The molecule has 1 saturated heterocycles. The summed E-state index contributed by atoms with van der Waals surface area (Å²) in [5.41, 5.74) is 0.681. The lowest BCUT2D eigenvalue weighted by Gasteiger charge is -2.22. The number of carbonyl (C=O) groups excluding carboxylic acids is 1. The van der Waals surface area contributed by atoms with Crippen molar-refractivity contribution >= 4 is 5.91 Å². The Labute approximate surface area is 159 Å². The number of carbonyl (C=O) groups is 1. The quantitative estimate of drug-likeness (QED) is 0.773. The van der Waals surface area contributed by atoms with E-state index < -0.39 is 24.7 Å². The number of alkyl halides is 3. The number of hydrogen-bond acceptors (Lipinski definition) is 6. The van der Waals surface area contributed by atoms with Gasteiger partial charge in [-0.3, -0.25) is 9.69 Å². The van der Waals surface area contributed by atoms with Gasteiger partial charge in [0.05, 0.1) is 24.8 Å². The first-order valence-corrected chi connectivity index (χ1v) is 9.00. The van der Waals surface area contributed by atoms with Crippen LogP contribution >= 0.6 is 0 Å². The number of nitrogens with zero attached hydrogens (tertiary/aromatic N) is 3. The topological polar surface area (TPSA) is 80.5 Å². The van der Waals surface area contributed by atoms with Gasteiger partial charge in [0.15, 0.2) is 0 Å². The smallest absolute Gasteiger partial charge is 0.405 e. The van der Waals surface area contributed by atoms with Gasteiger partial charge >= 0.3 is 6.18 Å². The van der Waals surface area contributed by atoms with Gasteiger partial charge in [-0.1, -0.05) is 17.3 Å². The molecule has 0 aliphatic carbocycles. The van der Waals surface area contributed by atoms with Crippen molar-refractivity contribution in [3.05, 3.63) is 30.2 Å². The average Bonchev–Trinajstić information content (AvgIpc) is 3.30. The molecule has 0 bridgehead atoms. The summed E-state index contributed by atoms with van der Waals surface area (Å²) >= 11 is 0. The zero-order valence-electron chi connectivity index (χ0n) is 15.3. The normalized spacial score (nSPS) is 17.6. The maximum absolute atomic E-state index is 12.3. The summed E-state index contributed by atoms with van der Waals surface area (Å²) in [6.07, 6.45) is -3.25. The molecule has 1 atom stereocenters. The van der Waals surface area contributed by atoms with Gasteiger partial charge in [-0.15, -0.1) is 0 Å². The molecule has 2 heterocycles. The number of ether oxygens (including phenoxy) is 1. The van der Waals surface area contributed by atoms with Crippen molar-refractivity contribution < 1.29 is 27.2 Å². The molecule has 28 heavy (non-hydrogen) atoms. The Morgan fingerprint density at radius 2 is 2.18 bits per heavy atom. The number of halogens is 3. The molecule has 0 saturated carbocycles. The Kier molecular flexibility index (Phi) is 6.18. The van der Waals surface area contributed by atoms with E-state index in [0.29, 0.717) is 43.1 Å². The first-order valence-electron chi connectivity index (χ1n) is 9.00. The van der Waals surface area contributed by atoms with Crippen LogP contribution in [0.5, 0.6) is 5.75 Å². The molecular formula is C18H21F3N4O3. The summed E-state index contributed by atoms with van der Waals surface area (Å²) in [7, 11) is 0.